The number of halogens is 4. The van der Waals surface area contributed by atoms with E-state index < -0.39 is 17.6 Å². The SMILES string of the molecule is COc1ccc([C@@H]2c3sc(=O)n(CC(=O)Nc4cc(C(F)(F)F)ccc4Cl)c3S[C@H]3[C@H]4CC[C@@H](C4)[C@H]23)cc1. The number of alkyl halides is 3. The third-order valence-electron chi connectivity index (χ3n) is 8.04. The average molecular weight is 581 g/mol. The molecule has 5 nitrogen and oxygen atoms in total. The van der Waals surface area contributed by atoms with Gasteiger partial charge in [-0.2, -0.15) is 13.2 Å². The highest BCUT2D eigenvalue weighted by atomic mass is 35.5. The van der Waals surface area contributed by atoms with Gasteiger partial charge in [-0.1, -0.05) is 35.1 Å². The van der Waals surface area contributed by atoms with Gasteiger partial charge >= 0.3 is 11.0 Å². The van der Waals surface area contributed by atoms with E-state index in [-0.39, 0.29) is 28.0 Å². The maximum atomic E-state index is 13.2. The van der Waals surface area contributed by atoms with Crippen LogP contribution in [0.3, 0.4) is 0 Å². The van der Waals surface area contributed by atoms with Crippen LogP contribution in [0.4, 0.5) is 18.9 Å². The van der Waals surface area contributed by atoms with Crippen LogP contribution >= 0.6 is 34.7 Å². The van der Waals surface area contributed by atoms with E-state index in [0.717, 1.165) is 50.8 Å². The van der Waals surface area contributed by atoms with Crippen LogP contribution in [-0.4, -0.2) is 22.8 Å². The lowest BCUT2D eigenvalue weighted by molar-refractivity contribution is -0.137. The minimum atomic E-state index is -4.57. The van der Waals surface area contributed by atoms with Crippen LogP contribution in [0.25, 0.3) is 0 Å². The molecule has 2 bridgehead atoms. The van der Waals surface area contributed by atoms with Gasteiger partial charge in [0.1, 0.15) is 12.3 Å². The number of thiazole rings is 1. The lowest BCUT2D eigenvalue weighted by Gasteiger charge is -2.40. The van der Waals surface area contributed by atoms with Crippen molar-refractivity contribution in [3.63, 3.8) is 0 Å². The van der Waals surface area contributed by atoms with E-state index in [1.54, 1.807) is 18.9 Å². The molecule has 2 fully saturated rings. The van der Waals surface area contributed by atoms with Gasteiger partial charge in [0.05, 0.1) is 28.4 Å². The summed E-state index contributed by atoms with van der Waals surface area (Å²) in [6.45, 7) is -0.301. The molecule has 2 aliphatic carbocycles. The van der Waals surface area contributed by atoms with Crippen molar-refractivity contribution in [2.45, 2.75) is 48.2 Å². The Kier molecular flexibility index (Phi) is 6.55. The summed E-state index contributed by atoms with van der Waals surface area (Å²) in [5, 5.41) is 3.61. The molecule has 6 rings (SSSR count). The minimum absolute atomic E-state index is 0.00943. The normalized spacial score (nSPS) is 25.7. The molecule has 0 saturated heterocycles. The Hall–Kier alpha value is -2.43. The van der Waals surface area contributed by atoms with Crippen molar-refractivity contribution in [3.05, 3.63) is 73.2 Å². The number of nitrogens with one attached hydrogen (secondary N) is 1. The van der Waals surface area contributed by atoms with E-state index in [1.165, 1.54) is 23.8 Å². The third-order valence-corrected chi connectivity index (χ3v) is 11.2. The van der Waals surface area contributed by atoms with Crippen LogP contribution in [-0.2, 0) is 17.5 Å². The highest BCUT2D eigenvalue weighted by Crippen LogP contribution is 2.64. The van der Waals surface area contributed by atoms with E-state index in [9.17, 15) is 22.8 Å². The summed E-state index contributed by atoms with van der Waals surface area (Å²) in [4.78, 5) is 26.9. The highest BCUT2D eigenvalue weighted by Gasteiger charge is 2.55. The summed E-state index contributed by atoms with van der Waals surface area (Å²) in [5.41, 5.74) is 0.0755. The smallest absolute Gasteiger partial charge is 0.416 e. The predicted octanol–water partition coefficient (Wildman–Crippen LogP) is 6.88. The summed E-state index contributed by atoms with van der Waals surface area (Å²) in [6.07, 6.45) is -1.02. The number of nitrogens with zero attached hydrogens (tertiary/aromatic N) is 1. The van der Waals surface area contributed by atoms with Crippen LogP contribution in [0, 0.1) is 17.8 Å². The Morgan fingerprint density at radius 1 is 1.16 bits per heavy atom. The monoisotopic (exact) mass is 580 g/mol. The second kappa shape index (κ2) is 9.64. The fourth-order valence-corrected chi connectivity index (χ4v) is 9.72. The van der Waals surface area contributed by atoms with Crippen LogP contribution in [0.15, 0.2) is 52.3 Å². The summed E-state index contributed by atoms with van der Waals surface area (Å²) in [6, 6.07) is 10.8. The minimum Gasteiger partial charge on any atom is -0.497 e. The fraction of sp³-hybridized carbons (Fsp3) is 0.407. The van der Waals surface area contributed by atoms with Crippen molar-refractivity contribution < 1.29 is 22.7 Å². The van der Waals surface area contributed by atoms with Gasteiger partial charge in [0, 0.05) is 16.0 Å². The van der Waals surface area contributed by atoms with Crippen LogP contribution in [0.1, 0.15) is 41.2 Å². The molecule has 38 heavy (non-hydrogen) atoms. The first kappa shape index (κ1) is 25.8. The number of anilines is 1. The largest absolute Gasteiger partial charge is 0.497 e. The Bertz CT molecular complexity index is 1450. The summed E-state index contributed by atoms with van der Waals surface area (Å²) >= 11 is 8.92. The molecule has 5 atom stereocenters. The number of hydrogen-bond acceptors (Lipinski definition) is 5. The molecule has 1 aliphatic heterocycles. The fourth-order valence-electron chi connectivity index (χ4n) is 6.40. The zero-order valence-electron chi connectivity index (χ0n) is 20.3. The van der Waals surface area contributed by atoms with Crippen molar-refractivity contribution in [2.75, 3.05) is 12.4 Å². The van der Waals surface area contributed by atoms with Gasteiger partial charge in [0.25, 0.3) is 0 Å². The second-order valence-corrected chi connectivity index (χ2v) is 12.7. The first-order valence-corrected chi connectivity index (χ1v) is 14.4. The Morgan fingerprint density at radius 2 is 1.89 bits per heavy atom. The second-order valence-electron chi connectivity index (χ2n) is 10.1. The molecule has 2 saturated carbocycles. The number of fused-ring (bicyclic) bond motifs is 6. The standard InChI is InChI=1S/C27H24ClF3N2O3S2/c1-36-17-7-4-13(5-8-17)21-22-14-2-3-15(10-14)23(22)37-25-24(21)38-26(35)33(25)12-20(34)32-19-11-16(27(29,30)31)6-9-18(19)28/h4-9,11,14-15,21-23H,2-3,10,12H2,1H3,(H,32,34)/t14-,15-,21-,22+,23-/m0/s1. The number of amides is 1. The summed E-state index contributed by atoms with van der Waals surface area (Å²) in [5.74, 6) is 1.81. The first-order chi connectivity index (χ1) is 18.1. The Morgan fingerprint density at radius 3 is 2.61 bits per heavy atom. The van der Waals surface area contributed by atoms with Gasteiger partial charge in [-0.05, 0) is 72.9 Å². The van der Waals surface area contributed by atoms with Gasteiger partial charge in [0.2, 0.25) is 5.91 Å². The number of rotatable bonds is 5. The van der Waals surface area contributed by atoms with Crippen molar-refractivity contribution in [1.29, 1.82) is 0 Å². The predicted molar refractivity (Wildman–Crippen MR) is 142 cm³/mol. The first-order valence-electron chi connectivity index (χ1n) is 12.3. The van der Waals surface area contributed by atoms with Gasteiger partial charge in [-0.25, -0.2) is 0 Å². The summed E-state index contributed by atoms with van der Waals surface area (Å²) in [7, 11) is 1.62. The third kappa shape index (κ3) is 4.44. The maximum Gasteiger partial charge on any atom is 0.416 e. The van der Waals surface area contributed by atoms with Crippen molar-refractivity contribution in [3.8, 4) is 5.75 Å². The van der Waals surface area contributed by atoms with Crippen LogP contribution in [0.5, 0.6) is 5.75 Å². The molecule has 2 aromatic carbocycles. The number of carbonyl (C=O) groups is 1. The number of thioether (sulfide) groups is 1. The van der Waals surface area contributed by atoms with Gasteiger partial charge in [0.15, 0.2) is 0 Å². The van der Waals surface area contributed by atoms with Gasteiger partial charge in [-0.3, -0.25) is 14.2 Å². The Labute approximate surface area is 230 Å². The lowest BCUT2D eigenvalue weighted by atomic mass is 9.75. The van der Waals surface area contributed by atoms with Crippen molar-refractivity contribution in [2.24, 2.45) is 17.8 Å². The van der Waals surface area contributed by atoms with Crippen LogP contribution < -0.4 is 14.9 Å². The molecule has 3 aromatic rings. The number of benzene rings is 2. The number of carbonyl (C=O) groups excluding carboxylic acids is 1. The average Bonchev–Trinajstić information content (AvgIpc) is 3.58. The molecule has 200 valence electrons. The van der Waals surface area contributed by atoms with Crippen molar-refractivity contribution >= 4 is 46.3 Å². The molecular weight excluding hydrogens is 557 g/mol. The van der Waals surface area contributed by atoms with Gasteiger partial charge in [-0.15, -0.1) is 11.8 Å². The molecule has 1 N–H and O–H groups in total. The number of methoxy groups -OCH3 is 1. The zero-order valence-corrected chi connectivity index (χ0v) is 22.6. The number of hydrogen-bond donors (Lipinski definition) is 1. The summed E-state index contributed by atoms with van der Waals surface area (Å²) < 4.78 is 46.3. The number of aromatic nitrogens is 1. The van der Waals surface area contributed by atoms with E-state index in [4.69, 9.17) is 16.3 Å². The lowest BCUT2D eigenvalue weighted by Crippen LogP contribution is -2.34. The topological polar surface area (TPSA) is 60.3 Å². The molecular formula is C27H24ClF3N2O3S2. The quantitative estimate of drug-likeness (QED) is 0.357. The van der Waals surface area contributed by atoms with Gasteiger partial charge < -0.3 is 10.1 Å². The molecule has 1 amide bonds. The molecule has 0 unspecified atom stereocenters. The zero-order chi connectivity index (χ0) is 26.8. The van der Waals surface area contributed by atoms with Crippen molar-refractivity contribution in [1.82, 2.24) is 4.57 Å². The van der Waals surface area contributed by atoms with E-state index in [1.807, 2.05) is 12.1 Å². The number of ether oxygens (including phenoxy) is 1. The maximum absolute atomic E-state index is 13.2. The van der Waals surface area contributed by atoms with E-state index in [2.05, 4.69) is 17.4 Å². The van der Waals surface area contributed by atoms with Crippen LogP contribution in [0.2, 0.25) is 5.02 Å². The molecule has 11 heteroatoms. The van der Waals surface area contributed by atoms with E-state index >= 15 is 0 Å². The highest BCUT2D eigenvalue weighted by molar-refractivity contribution is 8.00. The van der Waals surface area contributed by atoms with E-state index in [0.29, 0.717) is 23.0 Å². The Balaban J connectivity index is 1.33. The molecule has 0 spiro atoms. The molecule has 1 aromatic heterocycles. The molecule has 0 radical (unpaired) electrons. The molecule has 2 heterocycles. The molecule has 3 aliphatic rings.